The van der Waals surface area contributed by atoms with E-state index in [9.17, 15) is 8.42 Å². The molecule has 0 saturated carbocycles. The van der Waals surface area contributed by atoms with Gasteiger partial charge in [0.1, 0.15) is 0 Å². The fourth-order valence-electron chi connectivity index (χ4n) is 2.73. The molecular formula is C14H24N2O2S. The van der Waals surface area contributed by atoms with Gasteiger partial charge in [-0.1, -0.05) is 13.3 Å². The molecule has 1 atom stereocenters. The van der Waals surface area contributed by atoms with Crippen LogP contribution >= 0.6 is 0 Å². The molecule has 0 aromatic carbocycles. The van der Waals surface area contributed by atoms with Gasteiger partial charge >= 0.3 is 0 Å². The zero-order valence-corrected chi connectivity index (χ0v) is 12.7. The monoisotopic (exact) mass is 284 g/mol. The van der Waals surface area contributed by atoms with Gasteiger partial charge in [0.25, 0.3) is 0 Å². The fraction of sp³-hybridized carbons (Fsp3) is 0.714. The molecule has 1 aromatic rings. The maximum absolute atomic E-state index is 11.6. The molecule has 0 amide bonds. The van der Waals surface area contributed by atoms with E-state index in [1.165, 1.54) is 30.4 Å². The molecule has 0 saturated heterocycles. The van der Waals surface area contributed by atoms with Crippen LogP contribution in [-0.4, -0.2) is 31.5 Å². The van der Waals surface area contributed by atoms with E-state index in [-0.39, 0.29) is 11.5 Å². The second-order valence-corrected chi connectivity index (χ2v) is 7.77. The molecule has 1 N–H and O–H groups in total. The van der Waals surface area contributed by atoms with Crippen LogP contribution in [0.2, 0.25) is 0 Å². The summed E-state index contributed by atoms with van der Waals surface area (Å²) in [7, 11) is -0.883. The van der Waals surface area contributed by atoms with Crippen molar-refractivity contribution in [3.05, 3.63) is 23.5 Å². The summed E-state index contributed by atoms with van der Waals surface area (Å²) < 4.78 is 25.2. The number of aromatic nitrogens is 1. The molecule has 1 unspecified atom stereocenters. The second kappa shape index (κ2) is 6.09. The van der Waals surface area contributed by atoms with Crippen LogP contribution in [0.1, 0.15) is 43.4 Å². The van der Waals surface area contributed by atoms with Gasteiger partial charge < -0.3 is 9.88 Å². The minimum atomic E-state index is -2.88. The first kappa shape index (κ1) is 14.6. The summed E-state index contributed by atoms with van der Waals surface area (Å²) in [4.78, 5) is 0. The highest BCUT2D eigenvalue weighted by atomic mass is 32.2. The Morgan fingerprint density at radius 3 is 2.84 bits per heavy atom. The van der Waals surface area contributed by atoms with E-state index in [4.69, 9.17) is 0 Å². The summed E-state index contributed by atoms with van der Waals surface area (Å²) in [5, 5.41) is 3.37. The number of nitrogens with one attached hydrogen (secondary N) is 1. The van der Waals surface area contributed by atoms with Crippen LogP contribution in [0.3, 0.4) is 0 Å². The van der Waals surface area contributed by atoms with Crippen LogP contribution in [0.15, 0.2) is 12.4 Å². The maximum Gasteiger partial charge on any atom is 0.151 e. The summed E-state index contributed by atoms with van der Waals surface area (Å²) in [5.41, 5.74) is 2.74. The van der Waals surface area contributed by atoms with Gasteiger partial charge in [-0.3, -0.25) is 0 Å². The minimum absolute atomic E-state index is 0.229. The van der Waals surface area contributed by atoms with Crippen molar-refractivity contribution >= 4 is 9.84 Å². The molecule has 0 radical (unpaired) electrons. The van der Waals surface area contributed by atoms with Crippen molar-refractivity contribution in [3.63, 3.8) is 0 Å². The second-order valence-electron chi connectivity index (χ2n) is 5.30. The molecule has 1 heterocycles. The molecule has 0 aliphatic heterocycles. The lowest BCUT2D eigenvalue weighted by Crippen LogP contribution is -2.16. The Morgan fingerprint density at radius 1 is 1.37 bits per heavy atom. The lowest BCUT2D eigenvalue weighted by atomic mass is 10.1. The quantitative estimate of drug-likeness (QED) is 0.840. The van der Waals surface area contributed by atoms with Gasteiger partial charge in [-0.2, -0.15) is 0 Å². The van der Waals surface area contributed by atoms with Gasteiger partial charge in [0, 0.05) is 30.7 Å². The van der Waals surface area contributed by atoms with Crippen molar-refractivity contribution in [1.82, 2.24) is 9.88 Å². The molecule has 2 rings (SSSR count). The molecule has 0 spiro atoms. The molecule has 4 nitrogen and oxygen atoms in total. The van der Waals surface area contributed by atoms with Crippen LogP contribution in [0.5, 0.6) is 0 Å². The van der Waals surface area contributed by atoms with Gasteiger partial charge in [-0.05, 0) is 37.4 Å². The number of hydrogen-bond acceptors (Lipinski definition) is 3. The lowest BCUT2D eigenvalue weighted by molar-refractivity contribution is 0.530. The number of nitrogens with zero attached hydrogens (tertiary/aromatic N) is 1. The Hall–Kier alpha value is -0.810. The van der Waals surface area contributed by atoms with Crippen LogP contribution in [-0.2, 0) is 22.8 Å². The Kier molecular flexibility index (Phi) is 4.68. The van der Waals surface area contributed by atoms with Crippen molar-refractivity contribution in [3.8, 4) is 0 Å². The largest absolute Gasteiger partial charge is 0.353 e. The Labute approximate surface area is 116 Å². The van der Waals surface area contributed by atoms with Crippen LogP contribution < -0.4 is 5.32 Å². The zero-order chi connectivity index (χ0) is 13.9. The molecular weight excluding hydrogens is 260 g/mol. The van der Waals surface area contributed by atoms with E-state index in [1.807, 2.05) is 11.6 Å². The van der Waals surface area contributed by atoms with E-state index >= 15 is 0 Å². The van der Waals surface area contributed by atoms with Gasteiger partial charge in [0.05, 0.1) is 5.75 Å². The predicted octanol–water partition coefficient (Wildman–Crippen LogP) is 1.91. The Morgan fingerprint density at radius 2 is 2.16 bits per heavy atom. The normalized spacial score (nSPS) is 20.0. The van der Waals surface area contributed by atoms with Gasteiger partial charge in [-0.15, -0.1) is 0 Å². The molecule has 1 aliphatic carbocycles. The highest BCUT2D eigenvalue weighted by molar-refractivity contribution is 7.91. The Balaban J connectivity index is 2.13. The average molecular weight is 284 g/mol. The summed E-state index contributed by atoms with van der Waals surface area (Å²) >= 11 is 0. The van der Waals surface area contributed by atoms with Crippen LogP contribution in [0, 0.1) is 0 Å². The van der Waals surface area contributed by atoms with Gasteiger partial charge in [-0.25, -0.2) is 8.42 Å². The van der Waals surface area contributed by atoms with Crippen LogP contribution in [0.4, 0.5) is 0 Å². The summed E-state index contributed by atoms with van der Waals surface area (Å²) in [6.07, 6.45) is 9.03. The average Bonchev–Trinajstić information content (AvgIpc) is 2.71. The van der Waals surface area contributed by atoms with E-state index in [0.29, 0.717) is 12.6 Å². The summed E-state index contributed by atoms with van der Waals surface area (Å²) in [6, 6.07) is 0.418. The molecule has 5 heteroatoms. The van der Waals surface area contributed by atoms with Crippen molar-refractivity contribution in [2.75, 3.05) is 18.6 Å². The zero-order valence-electron chi connectivity index (χ0n) is 11.9. The molecule has 0 fully saturated rings. The van der Waals surface area contributed by atoms with Crippen molar-refractivity contribution in [2.45, 2.75) is 45.2 Å². The van der Waals surface area contributed by atoms with Crippen LogP contribution in [0.25, 0.3) is 0 Å². The van der Waals surface area contributed by atoms with Crippen molar-refractivity contribution in [1.29, 1.82) is 0 Å². The van der Waals surface area contributed by atoms with E-state index in [1.54, 1.807) is 6.92 Å². The lowest BCUT2D eigenvalue weighted by Gasteiger charge is -2.13. The van der Waals surface area contributed by atoms with E-state index in [0.717, 1.165) is 6.42 Å². The number of fused-ring (bicyclic) bond motifs is 1. The van der Waals surface area contributed by atoms with Gasteiger partial charge in [0.2, 0.25) is 0 Å². The summed E-state index contributed by atoms with van der Waals surface area (Å²) in [6.45, 7) is 2.27. The third-order valence-corrected chi connectivity index (χ3v) is 5.69. The van der Waals surface area contributed by atoms with E-state index < -0.39 is 9.84 Å². The minimum Gasteiger partial charge on any atom is -0.353 e. The highest BCUT2D eigenvalue weighted by Crippen LogP contribution is 2.29. The maximum atomic E-state index is 11.6. The SMILES string of the molecule is CCS(=O)(=O)CCn1cc2c(c1)C(NC)CCCC2. The number of sulfone groups is 1. The predicted molar refractivity (Wildman–Crippen MR) is 78.1 cm³/mol. The van der Waals surface area contributed by atoms with Crippen molar-refractivity contribution in [2.24, 2.45) is 0 Å². The first-order chi connectivity index (χ1) is 9.05. The smallest absolute Gasteiger partial charge is 0.151 e. The van der Waals surface area contributed by atoms with E-state index in [2.05, 4.69) is 17.7 Å². The number of hydrogen-bond donors (Lipinski definition) is 1. The summed E-state index contributed by atoms with van der Waals surface area (Å²) in [5.74, 6) is 0.467. The third kappa shape index (κ3) is 3.60. The third-order valence-electron chi connectivity index (χ3n) is 4.01. The van der Waals surface area contributed by atoms with Crippen molar-refractivity contribution < 1.29 is 8.42 Å². The van der Waals surface area contributed by atoms with Gasteiger partial charge in [0.15, 0.2) is 9.84 Å². The molecule has 1 aliphatic rings. The first-order valence-electron chi connectivity index (χ1n) is 7.12. The highest BCUT2D eigenvalue weighted by Gasteiger charge is 2.19. The Bertz CT molecular complexity index is 520. The molecule has 1 aromatic heterocycles. The topological polar surface area (TPSA) is 51.1 Å². The number of rotatable bonds is 5. The fourth-order valence-corrected chi connectivity index (χ4v) is 3.51. The molecule has 0 bridgehead atoms. The standard InChI is InChI=1S/C14H24N2O2S/c1-3-19(17,18)9-8-16-10-12-6-4-5-7-14(15-2)13(12)11-16/h10-11,14-15H,3-9H2,1-2H3. The molecule has 19 heavy (non-hydrogen) atoms. The first-order valence-corrected chi connectivity index (χ1v) is 8.94. The number of aryl methyl sites for hydroxylation is 2. The molecule has 108 valence electrons.